The molecule has 0 spiro atoms. The van der Waals surface area contributed by atoms with Gasteiger partial charge in [0.2, 0.25) is 0 Å². The Hall–Kier alpha value is -1.85. The van der Waals surface area contributed by atoms with E-state index in [1.54, 1.807) is 0 Å². The lowest BCUT2D eigenvalue weighted by molar-refractivity contribution is -0.167. The first-order valence-electron chi connectivity index (χ1n) is 20.2. The molecule has 0 bridgehead atoms. The fraction of sp³-hybridized carbons (Fsp3) is 0.878. The van der Waals surface area contributed by atoms with Crippen molar-refractivity contribution in [2.75, 3.05) is 13.2 Å². The molecule has 0 aliphatic rings. The van der Waals surface area contributed by atoms with Crippen LogP contribution in [-0.4, -0.2) is 37.2 Å². The van der Waals surface area contributed by atoms with Gasteiger partial charge in [-0.25, -0.2) is 0 Å². The predicted molar refractivity (Wildman–Crippen MR) is 196 cm³/mol. The molecule has 0 N–H and O–H groups in total. The van der Waals surface area contributed by atoms with Crippen LogP contribution in [0.5, 0.6) is 0 Å². The van der Waals surface area contributed by atoms with Crippen LogP contribution in [0.15, 0.2) is 12.2 Å². The molecule has 0 aromatic heterocycles. The fourth-order valence-corrected chi connectivity index (χ4v) is 5.68. The lowest BCUT2D eigenvalue weighted by atomic mass is 10.1. The van der Waals surface area contributed by atoms with Crippen LogP contribution in [0.1, 0.15) is 213 Å². The van der Waals surface area contributed by atoms with Gasteiger partial charge in [-0.3, -0.25) is 14.4 Å². The first-order valence-corrected chi connectivity index (χ1v) is 20.2. The van der Waals surface area contributed by atoms with Crippen LogP contribution in [0.3, 0.4) is 0 Å². The van der Waals surface area contributed by atoms with Crippen LogP contribution < -0.4 is 0 Å². The van der Waals surface area contributed by atoms with Crippen LogP contribution in [0.25, 0.3) is 0 Å². The third kappa shape index (κ3) is 35.3. The van der Waals surface area contributed by atoms with Crippen molar-refractivity contribution in [2.45, 2.75) is 219 Å². The lowest BCUT2D eigenvalue weighted by Gasteiger charge is -2.18. The molecular formula is C41H76O6. The molecule has 6 heteroatoms. The predicted octanol–water partition coefficient (Wildman–Crippen LogP) is 12.3. The molecule has 0 saturated carbocycles. The molecule has 0 aromatic carbocycles. The molecule has 47 heavy (non-hydrogen) atoms. The summed E-state index contributed by atoms with van der Waals surface area (Å²) in [5, 5.41) is 0. The highest BCUT2D eigenvalue weighted by molar-refractivity contribution is 5.71. The summed E-state index contributed by atoms with van der Waals surface area (Å²) >= 11 is 0. The maximum Gasteiger partial charge on any atom is 0.306 e. The molecule has 1 atom stereocenters. The number of esters is 3. The second kappa shape index (κ2) is 37.0. The highest BCUT2D eigenvalue weighted by Crippen LogP contribution is 2.14. The average molecular weight is 665 g/mol. The van der Waals surface area contributed by atoms with Gasteiger partial charge in [-0.15, -0.1) is 0 Å². The molecular weight excluding hydrogens is 588 g/mol. The minimum absolute atomic E-state index is 0.0694. The van der Waals surface area contributed by atoms with Gasteiger partial charge in [-0.1, -0.05) is 168 Å². The molecule has 276 valence electrons. The second-order valence-corrected chi connectivity index (χ2v) is 13.6. The molecule has 1 unspecified atom stereocenters. The van der Waals surface area contributed by atoms with Gasteiger partial charge >= 0.3 is 17.9 Å². The number of carbonyl (C=O) groups excluding carboxylic acids is 3. The Kier molecular flexibility index (Phi) is 35.5. The first-order chi connectivity index (χ1) is 23.0. The quantitative estimate of drug-likeness (QED) is 0.0287. The van der Waals surface area contributed by atoms with Crippen LogP contribution in [0.4, 0.5) is 0 Å². The van der Waals surface area contributed by atoms with Crippen molar-refractivity contribution in [3.8, 4) is 0 Å². The maximum absolute atomic E-state index is 12.6. The second-order valence-electron chi connectivity index (χ2n) is 13.6. The lowest BCUT2D eigenvalue weighted by Crippen LogP contribution is -2.30. The number of ether oxygens (including phenoxy) is 3. The SMILES string of the molecule is CCC/C=C\CCCCCCCC(=O)OCC(COC(=O)CCCCCCCCCCC)OC(=O)CCCCCCCCCCCC. The van der Waals surface area contributed by atoms with Gasteiger partial charge < -0.3 is 14.2 Å². The van der Waals surface area contributed by atoms with E-state index < -0.39 is 6.10 Å². The highest BCUT2D eigenvalue weighted by Gasteiger charge is 2.19. The first kappa shape index (κ1) is 45.2. The summed E-state index contributed by atoms with van der Waals surface area (Å²) in [5.74, 6) is -0.884. The van der Waals surface area contributed by atoms with Gasteiger partial charge in [-0.05, 0) is 38.5 Å². The smallest absolute Gasteiger partial charge is 0.306 e. The Morgan fingerprint density at radius 1 is 0.404 bits per heavy atom. The summed E-state index contributed by atoms with van der Waals surface area (Å²) in [6.07, 6.45) is 36.2. The Morgan fingerprint density at radius 3 is 1.15 bits per heavy atom. The standard InChI is InChI=1S/C41H76O6/c1-4-7-10-13-16-19-22-25-28-31-34-40(43)46-37-38(36-45-39(42)33-30-27-24-21-18-15-12-9-6-3)47-41(44)35-32-29-26-23-20-17-14-11-8-5-2/h10,13,38H,4-9,11-12,14-37H2,1-3H3/b13-10-. The summed E-state index contributed by atoms with van der Waals surface area (Å²) < 4.78 is 16.6. The Balaban J connectivity index is 4.36. The fourth-order valence-electron chi connectivity index (χ4n) is 5.68. The van der Waals surface area contributed by atoms with Crippen LogP contribution >= 0.6 is 0 Å². The van der Waals surface area contributed by atoms with Crippen molar-refractivity contribution < 1.29 is 28.6 Å². The molecule has 0 aliphatic heterocycles. The van der Waals surface area contributed by atoms with Gasteiger partial charge in [0.25, 0.3) is 0 Å². The molecule has 0 aromatic rings. The number of unbranched alkanes of at least 4 members (excludes halogenated alkanes) is 23. The molecule has 6 nitrogen and oxygen atoms in total. The maximum atomic E-state index is 12.6. The number of hydrogen-bond donors (Lipinski definition) is 0. The van der Waals surface area contributed by atoms with Crippen molar-refractivity contribution >= 4 is 17.9 Å². The summed E-state index contributed by atoms with van der Waals surface area (Å²) in [5.41, 5.74) is 0. The van der Waals surface area contributed by atoms with Crippen LogP contribution in [0.2, 0.25) is 0 Å². The zero-order chi connectivity index (χ0) is 34.5. The number of carbonyl (C=O) groups is 3. The van der Waals surface area contributed by atoms with Crippen molar-refractivity contribution in [2.24, 2.45) is 0 Å². The van der Waals surface area contributed by atoms with Gasteiger partial charge in [0.15, 0.2) is 6.10 Å². The Labute approximate surface area is 290 Å². The summed E-state index contributed by atoms with van der Waals surface area (Å²) in [7, 11) is 0. The molecule has 0 heterocycles. The minimum atomic E-state index is -0.762. The average Bonchev–Trinajstić information content (AvgIpc) is 3.06. The third-order valence-corrected chi connectivity index (χ3v) is 8.75. The van der Waals surface area contributed by atoms with Crippen molar-refractivity contribution in [3.05, 3.63) is 12.2 Å². The van der Waals surface area contributed by atoms with E-state index in [0.29, 0.717) is 19.3 Å². The number of hydrogen-bond acceptors (Lipinski definition) is 6. The zero-order valence-electron chi connectivity index (χ0n) is 31.3. The Morgan fingerprint density at radius 2 is 0.745 bits per heavy atom. The molecule has 0 amide bonds. The summed E-state index contributed by atoms with van der Waals surface area (Å²) in [6.45, 7) is 6.52. The monoisotopic (exact) mass is 665 g/mol. The largest absolute Gasteiger partial charge is 0.462 e. The van der Waals surface area contributed by atoms with Crippen molar-refractivity contribution in [1.82, 2.24) is 0 Å². The van der Waals surface area contributed by atoms with Crippen LogP contribution in [0, 0.1) is 0 Å². The van der Waals surface area contributed by atoms with Gasteiger partial charge in [0.1, 0.15) is 13.2 Å². The van der Waals surface area contributed by atoms with E-state index in [4.69, 9.17) is 14.2 Å². The van der Waals surface area contributed by atoms with E-state index in [-0.39, 0.29) is 31.1 Å². The molecule has 0 saturated heterocycles. The summed E-state index contributed by atoms with van der Waals surface area (Å²) in [6, 6.07) is 0. The van der Waals surface area contributed by atoms with Crippen molar-refractivity contribution in [3.63, 3.8) is 0 Å². The topological polar surface area (TPSA) is 78.9 Å². The zero-order valence-corrected chi connectivity index (χ0v) is 31.3. The van der Waals surface area contributed by atoms with E-state index in [1.165, 1.54) is 103 Å². The minimum Gasteiger partial charge on any atom is -0.462 e. The van der Waals surface area contributed by atoms with E-state index >= 15 is 0 Å². The molecule has 0 fully saturated rings. The third-order valence-electron chi connectivity index (χ3n) is 8.75. The molecule has 0 aliphatic carbocycles. The van der Waals surface area contributed by atoms with E-state index in [0.717, 1.165) is 70.6 Å². The van der Waals surface area contributed by atoms with Crippen molar-refractivity contribution in [1.29, 1.82) is 0 Å². The van der Waals surface area contributed by atoms with Gasteiger partial charge in [0, 0.05) is 19.3 Å². The van der Waals surface area contributed by atoms with E-state index in [2.05, 4.69) is 32.9 Å². The number of allylic oxidation sites excluding steroid dienone is 2. The highest BCUT2D eigenvalue weighted by atomic mass is 16.6. The number of rotatable bonds is 36. The van der Waals surface area contributed by atoms with E-state index in [1.807, 2.05) is 0 Å². The van der Waals surface area contributed by atoms with E-state index in [9.17, 15) is 14.4 Å². The molecule has 0 rings (SSSR count). The van der Waals surface area contributed by atoms with Gasteiger partial charge in [-0.2, -0.15) is 0 Å². The summed E-state index contributed by atoms with van der Waals surface area (Å²) in [4.78, 5) is 37.4. The van der Waals surface area contributed by atoms with Crippen LogP contribution in [-0.2, 0) is 28.6 Å². The Bertz CT molecular complexity index is 733. The molecule has 0 radical (unpaired) electrons. The normalized spacial score (nSPS) is 12.0. The van der Waals surface area contributed by atoms with Gasteiger partial charge in [0.05, 0.1) is 0 Å².